The van der Waals surface area contributed by atoms with Crippen LogP contribution in [0.2, 0.25) is 0 Å². The summed E-state index contributed by atoms with van der Waals surface area (Å²) in [5.41, 5.74) is 3.14. The van der Waals surface area contributed by atoms with E-state index in [2.05, 4.69) is 27.0 Å². The first kappa shape index (κ1) is 28.8. The van der Waals surface area contributed by atoms with Crippen molar-refractivity contribution in [2.24, 2.45) is 9.98 Å². The van der Waals surface area contributed by atoms with Crippen LogP contribution in [0.5, 0.6) is 0 Å². The predicted molar refractivity (Wildman–Crippen MR) is 139 cm³/mol. The van der Waals surface area contributed by atoms with Crippen molar-refractivity contribution in [3.8, 4) is 0 Å². The van der Waals surface area contributed by atoms with E-state index < -0.39 is 18.1 Å². The van der Waals surface area contributed by atoms with Crippen molar-refractivity contribution in [3.63, 3.8) is 0 Å². The van der Waals surface area contributed by atoms with Gasteiger partial charge in [-0.1, -0.05) is 78.9 Å². The molecule has 4 rings (SSSR count). The molecule has 0 unspecified atom stereocenters. The van der Waals surface area contributed by atoms with Gasteiger partial charge in [0.1, 0.15) is 0 Å². The third-order valence-electron chi connectivity index (χ3n) is 6.29. The number of carboxylic acid groups (broad SMARTS) is 1. The summed E-state index contributed by atoms with van der Waals surface area (Å²) in [6, 6.07) is 24.6. The van der Waals surface area contributed by atoms with Gasteiger partial charge in [-0.25, -0.2) is 4.79 Å². The van der Waals surface area contributed by atoms with E-state index in [1.54, 1.807) is 24.3 Å². The number of aliphatic carboxylic acids is 1. The fourth-order valence-corrected chi connectivity index (χ4v) is 4.48. The van der Waals surface area contributed by atoms with Gasteiger partial charge in [-0.15, -0.1) is 0 Å². The maximum Gasteiger partial charge on any atom is 1.00 e. The number of likely N-dealkylation sites (tertiary alicyclic amines) is 1. The van der Waals surface area contributed by atoms with E-state index >= 15 is 0 Å². The topological polar surface area (TPSA) is 109 Å². The number of nitrogens with zero attached hydrogens (tertiary/aromatic N) is 3. The van der Waals surface area contributed by atoms with E-state index in [9.17, 15) is 20.1 Å². The van der Waals surface area contributed by atoms with Crippen LogP contribution >= 0.6 is 0 Å². The minimum Gasteiger partial charge on any atom is -0.861 e. The number of hydrogen-bond donors (Lipinski definition) is 2. The summed E-state index contributed by atoms with van der Waals surface area (Å²) in [6.45, 7) is 2.90. The second-order valence-corrected chi connectivity index (χ2v) is 8.95. The zero-order chi connectivity index (χ0) is 25.5. The second kappa shape index (κ2) is 13.7. The van der Waals surface area contributed by atoms with E-state index in [0.29, 0.717) is 29.1 Å². The van der Waals surface area contributed by atoms with Crippen LogP contribution in [0.3, 0.4) is 0 Å². The Hall–Kier alpha value is -2.81. The van der Waals surface area contributed by atoms with Crippen LogP contribution in [0.1, 0.15) is 36.5 Å². The van der Waals surface area contributed by atoms with Gasteiger partial charge in [-0.05, 0) is 43.8 Å². The standard InChI is InChI=1S/C29H31N3O4.Na/c1-20(33)26(29(35)36)31-27(22-13-6-3-7-14-22)23-15-8-9-16-24(23)30-28(34)25-17-10-18-32(25)19-21-11-4-2-5-12-21;/h2-9,11-16,20,25-26,33H,10,17-19H2,1H3,(H,30,34)(H,35,36);/q;+1/p-1/t20-,25+,26+;/m1./s1. The smallest absolute Gasteiger partial charge is 0.861 e. The zero-order valence-electron chi connectivity index (χ0n) is 21.2. The van der Waals surface area contributed by atoms with E-state index in [1.165, 1.54) is 6.92 Å². The predicted octanol–water partition coefficient (Wildman–Crippen LogP) is 0.417. The number of carboxylic acids is 1. The molecule has 8 heteroatoms. The molecule has 1 aliphatic heterocycles. The van der Waals surface area contributed by atoms with Gasteiger partial charge in [0.05, 0.1) is 17.5 Å². The monoisotopic (exact) mass is 507 g/mol. The molecule has 1 aliphatic rings. The molecule has 3 atom stereocenters. The number of benzene rings is 3. The Morgan fingerprint density at radius 1 is 1.03 bits per heavy atom. The minimum atomic E-state index is -1.36. The quantitative estimate of drug-likeness (QED) is 0.248. The van der Waals surface area contributed by atoms with Crippen molar-refractivity contribution in [3.05, 3.63) is 102 Å². The van der Waals surface area contributed by atoms with Gasteiger partial charge in [0.15, 0.2) is 6.04 Å². The Morgan fingerprint density at radius 2 is 1.65 bits per heavy atom. The molecule has 0 radical (unpaired) electrons. The Balaban J connectivity index is 0.00000380. The second-order valence-electron chi connectivity index (χ2n) is 8.95. The molecule has 1 fully saturated rings. The third kappa shape index (κ3) is 7.37. The maximum absolute atomic E-state index is 13.4. The van der Waals surface area contributed by atoms with Crippen LogP contribution in [0, 0.1) is 0 Å². The Morgan fingerprint density at radius 3 is 2.30 bits per heavy atom. The molecule has 0 aliphatic carbocycles. The fourth-order valence-electron chi connectivity index (χ4n) is 4.48. The van der Waals surface area contributed by atoms with Crippen molar-refractivity contribution in [2.45, 2.75) is 44.5 Å². The zero-order valence-corrected chi connectivity index (χ0v) is 23.2. The summed E-state index contributed by atoms with van der Waals surface area (Å²) in [5, 5.41) is 33.1. The van der Waals surface area contributed by atoms with Gasteiger partial charge in [0.25, 0.3) is 0 Å². The van der Waals surface area contributed by atoms with Gasteiger partial charge in [0, 0.05) is 23.7 Å². The van der Waals surface area contributed by atoms with Crippen LogP contribution in [0.15, 0.2) is 94.9 Å². The van der Waals surface area contributed by atoms with Crippen LogP contribution in [0.4, 0.5) is 5.69 Å². The maximum atomic E-state index is 13.4. The number of aliphatic imine (C=N–C) groups is 2. The molecule has 0 aromatic heterocycles. The average molecular weight is 508 g/mol. The first-order chi connectivity index (χ1) is 17.4. The van der Waals surface area contributed by atoms with Crippen molar-refractivity contribution in [1.82, 2.24) is 4.90 Å². The molecule has 1 saturated heterocycles. The number of hydrogen-bond acceptors (Lipinski definition) is 6. The number of rotatable bonds is 9. The van der Waals surface area contributed by atoms with Crippen LogP contribution < -0.4 is 34.7 Å². The molecule has 7 nitrogen and oxygen atoms in total. The first-order valence-corrected chi connectivity index (χ1v) is 12.1. The molecule has 3 aromatic carbocycles. The van der Waals surface area contributed by atoms with Gasteiger partial charge >= 0.3 is 35.5 Å². The average Bonchev–Trinajstić information content (AvgIpc) is 3.34. The Labute approximate surface area is 239 Å². The molecular formula is C29H30N3NaO4. The van der Waals surface area contributed by atoms with Gasteiger partial charge < -0.3 is 15.3 Å². The van der Waals surface area contributed by atoms with Crippen LogP contribution in [-0.4, -0.2) is 57.4 Å². The van der Waals surface area contributed by atoms with E-state index in [1.807, 2.05) is 48.5 Å². The minimum absolute atomic E-state index is 0. The van der Waals surface area contributed by atoms with E-state index in [0.717, 1.165) is 24.9 Å². The fraction of sp³-hybridized carbons (Fsp3) is 0.276. The molecule has 1 heterocycles. The summed E-state index contributed by atoms with van der Waals surface area (Å²) < 4.78 is 0. The van der Waals surface area contributed by atoms with Gasteiger partial charge in [-0.3, -0.25) is 14.9 Å². The summed E-state index contributed by atoms with van der Waals surface area (Å²) in [4.78, 5) is 22.9. The number of aliphatic hydroxyl groups excluding tert-OH is 1. The summed E-state index contributed by atoms with van der Waals surface area (Å²) in [5.74, 6) is -1.46. The van der Waals surface area contributed by atoms with Crippen LogP contribution in [-0.2, 0) is 11.3 Å². The summed E-state index contributed by atoms with van der Waals surface area (Å²) >= 11 is 0. The Bertz CT molecular complexity index is 1230. The number of carbonyl (C=O) groups is 1. The molecule has 2 N–H and O–H groups in total. The van der Waals surface area contributed by atoms with Crippen molar-refractivity contribution in [1.29, 1.82) is 0 Å². The molecule has 0 amide bonds. The van der Waals surface area contributed by atoms with Crippen molar-refractivity contribution in [2.75, 3.05) is 6.54 Å². The normalized spacial score (nSPS) is 18.2. The van der Waals surface area contributed by atoms with Gasteiger partial charge in [0.2, 0.25) is 0 Å². The molecule has 3 aromatic rings. The van der Waals surface area contributed by atoms with Gasteiger partial charge in [-0.2, -0.15) is 0 Å². The molecule has 0 saturated carbocycles. The van der Waals surface area contributed by atoms with Crippen molar-refractivity contribution >= 4 is 23.3 Å². The first-order valence-electron chi connectivity index (χ1n) is 12.1. The molecule has 0 spiro atoms. The van der Waals surface area contributed by atoms with Crippen molar-refractivity contribution < 1.29 is 49.7 Å². The Kier molecular flexibility index (Phi) is 10.6. The summed E-state index contributed by atoms with van der Waals surface area (Å²) in [6.07, 6.45) is 0.461. The SMILES string of the molecule is C[C@@H](O)[C@H](N=C(c1ccccc1)c1ccccc1N=C([O-])[C@@H]1CCCN1Cc1ccccc1)C(=O)O.[Na+]. The van der Waals surface area contributed by atoms with E-state index in [4.69, 9.17) is 0 Å². The summed E-state index contributed by atoms with van der Waals surface area (Å²) in [7, 11) is 0. The third-order valence-corrected chi connectivity index (χ3v) is 6.29. The van der Waals surface area contributed by atoms with E-state index in [-0.39, 0.29) is 41.5 Å². The molecular weight excluding hydrogens is 477 g/mol. The number of aliphatic hydroxyl groups is 1. The molecule has 37 heavy (non-hydrogen) atoms. The number of para-hydroxylation sites is 1. The molecule has 0 bridgehead atoms. The largest absolute Gasteiger partial charge is 1.00 e. The molecule has 186 valence electrons. The van der Waals surface area contributed by atoms with Crippen LogP contribution in [0.25, 0.3) is 0 Å².